The SMILES string of the molecule is CCC1CCC(NS(=O)(=O)c2ccc(C)cc2Br)CC1. The van der Waals surface area contributed by atoms with Gasteiger partial charge in [-0.3, -0.25) is 0 Å². The van der Waals surface area contributed by atoms with Crippen LogP contribution in [0.2, 0.25) is 0 Å². The fourth-order valence-electron chi connectivity index (χ4n) is 2.80. The Morgan fingerprint density at radius 2 is 1.90 bits per heavy atom. The standard InChI is InChI=1S/C15H22BrNO2S/c1-3-12-5-7-13(8-6-12)17-20(18,19)15-9-4-11(2)10-14(15)16/h4,9-10,12-13,17H,3,5-8H2,1-2H3. The van der Waals surface area contributed by atoms with Crippen molar-refractivity contribution < 1.29 is 8.42 Å². The molecule has 1 saturated carbocycles. The lowest BCUT2D eigenvalue weighted by Crippen LogP contribution is -2.37. The predicted octanol–water partition coefficient (Wildman–Crippen LogP) is 4.00. The van der Waals surface area contributed by atoms with Gasteiger partial charge in [-0.2, -0.15) is 0 Å². The zero-order chi connectivity index (χ0) is 14.8. The summed E-state index contributed by atoms with van der Waals surface area (Å²) >= 11 is 3.35. The zero-order valence-corrected chi connectivity index (χ0v) is 14.4. The molecule has 0 radical (unpaired) electrons. The number of benzene rings is 1. The van der Waals surface area contributed by atoms with Crippen LogP contribution in [0.5, 0.6) is 0 Å². The number of aryl methyl sites for hydroxylation is 1. The minimum atomic E-state index is -3.43. The average Bonchev–Trinajstić information content (AvgIpc) is 2.38. The van der Waals surface area contributed by atoms with Crippen LogP contribution in [0.15, 0.2) is 27.6 Å². The normalized spacial score (nSPS) is 23.8. The molecule has 2 rings (SSSR count). The van der Waals surface area contributed by atoms with E-state index < -0.39 is 10.0 Å². The Balaban J connectivity index is 2.08. The van der Waals surface area contributed by atoms with Gasteiger partial charge in [-0.05, 0) is 72.2 Å². The Bertz CT molecular complexity index is 563. The zero-order valence-electron chi connectivity index (χ0n) is 12.0. The summed E-state index contributed by atoms with van der Waals surface area (Å²) in [5, 5.41) is 0. The second-order valence-corrected chi connectivity index (χ2v) is 8.22. The second kappa shape index (κ2) is 6.58. The van der Waals surface area contributed by atoms with Crippen molar-refractivity contribution in [2.75, 3.05) is 0 Å². The van der Waals surface area contributed by atoms with Crippen molar-refractivity contribution in [3.05, 3.63) is 28.2 Å². The van der Waals surface area contributed by atoms with E-state index in [-0.39, 0.29) is 6.04 Å². The fraction of sp³-hybridized carbons (Fsp3) is 0.600. The lowest BCUT2D eigenvalue weighted by molar-refractivity contribution is 0.306. The quantitative estimate of drug-likeness (QED) is 0.882. The Morgan fingerprint density at radius 3 is 2.45 bits per heavy atom. The molecule has 5 heteroatoms. The van der Waals surface area contributed by atoms with Crippen LogP contribution in [0.4, 0.5) is 0 Å². The highest BCUT2D eigenvalue weighted by molar-refractivity contribution is 9.10. The van der Waals surface area contributed by atoms with Gasteiger partial charge in [-0.25, -0.2) is 13.1 Å². The molecule has 1 fully saturated rings. The van der Waals surface area contributed by atoms with Crippen LogP contribution in [-0.4, -0.2) is 14.5 Å². The van der Waals surface area contributed by atoms with E-state index in [0.29, 0.717) is 9.37 Å². The van der Waals surface area contributed by atoms with E-state index in [1.165, 1.54) is 6.42 Å². The number of nitrogens with one attached hydrogen (secondary N) is 1. The first-order valence-electron chi connectivity index (χ1n) is 7.21. The van der Waals surface area contributed by atoms with E-state index in [1.807, 2.05) is 19.1 Å². The van der Waals surface area contributed by atoms with Crippen molar-refractivity contribution >= 4 is 26.0 Å². The van der Waals surface area contributed by atoms with Gasteiger partial charge in [-0.1, -0.05) is 19.4 Å². The number of rotatable bonds is 4. The smallest absolute Gasteiger partial charge is 0.208 e. The van der Waals surface area contributed by atoms with Crippen LogP contribution < -0.4 is 4.72 Å². The van der Waals surface area contributed by atoms with Gasteiger partial charge in [0.2, 0.25) is 10.0 Å². The minimum absolute atomic E-state index is 0.0796. The monoisotopic (exact) mass is 359 g/mol. The van der Waals surface area contributed by atoms with Gasteiger partial charge in [0.05, 0.1) is 4.90 Å². The maximum absolute atomic E-state index is 12.4. The highest BCUT2D eigenvalue weighted by Crippen LogP contribution is 2.29. The third-order valence-corrected chi connectivity index (χ3v) is 6.62. The molecular formula is C15H22BrNO2S. The lowest BCUT2D eigenvalue weighted by atomic mass is 9.85. The third-order valence-electron chi connectivity index (χ3n) is 4.12. The molecule has 0 saturated heterocycles. The van der Waals surface area contributed by atoms with Gasteiger partial charge in [0.15, 0.2) is 0 Å². The van der Waals surface area contributed by atoms with Crippen molar-refractivity contribution in [1.82, 2.24) is 4.72 Å². The number of hydrogen-bond donors (Lipinski definition) is 1. The van der Waals surface area contributed by atoms with E-state index in [4.69, 9.17) is 0 Å². The summed E-state index contributed by atoms with van der Waals surface area (Å²) in [6, 6.07) is 5.41. The summed E-state index contributed by atoms with van der Waals surface area (Å²) in [6.07, 6.45) is 5.34. The van der Waals surface area contributed by atoms with Crippen LogP contribution in [0.25, 0.3) is 0 Å². The van der Waals surface area contributed by atoms with Crippen LogP contribution >= 0.6 is 15.9 Å². The first-order chi connectivity index (χ1) is 9.42. The molecule has 0 aromatic heterocycles. The summed E-state index contributed by atoms with van der Waals surface area (Å²) in [5.41, 5.74) is 1.04. The number of sulfonamides is 1. The molecule has 0 heterocycles. The Morgan fingerprint density at radius 1 is 1.25 bits per heavy atom. The molecule has 0 atom stereocenters. The van der Waals surface area contributed by atoms with Gasteiger partial charge >= 0.3 is 0 Å². The summed E-state index contributed by atoms with van der Waals surface area (Å²) in [4.78, 5) is 0.334. The molecule has 0 unspecified atom stereocenters. The van der Waals surface area contributed by atoms with Crippen molar-refractivity contribution in [3.8, 4) is 0 Å². The molecule has 1 aliphatic rings. The third kappa shape index (κ3) is 3.83. The first-order valence-corrected chi connectivity index (χ1v) is 9.48. The van der Waals surface area contributed by atoms with Crippen molar-refractivity contribution in [2.24, 2.45) is 5.92 Å². The van der Waals surface area contributed by atoms with Crippen molar-refractivity contribution in [1.29, 1.82) is 0 Å². The summed E-state index contributed by atoms with van der Waals surface area (Å²) in [6.45, 7) is 4.15. The van der Waals surface area contributed by atoms with E-state index >= 15 is 0 Å². The number of hydrogen-bond acceptors (Lipinski definition) is 2. The highest BCUT2D eigenvalue weighted by Gasteiger charge is 2.26. The molecular weight excluding hydrogens is 338 g/mol. The molecule has 0 amide bonds. The molecule has 0 bridgehead atoms. The number of halogens is 1. The minimum Gasteiger partial charge on any atom is -0.208 e. The summed E-state index contributed by atoms with van der Waals surface area (Å²) < 4.78 is 28.4. The average molecular weight is 360 g/mol. The second-order valence-electron chi connectivity index (χ2n) is 5.68. The molecule has 112 valence electrons. The van der Waals surface area contributed by atoms with E-state index in [2.05, 4.69) is 27.6 Å². The lowest BCUT2D eigenvalue weighted by Gasteiger charge is -2.28. The molecule has 1 N–H and O–H groups in total. The van der Waals surface area contributed by atoms with E-state index in [1.54, 1.807) is 6.07 Å². The maximum Gasteiger partial charge on any atom is 0.241 e. The van der Waals surface area contributed by atoms with Gasteiger partial charge in [0, 0.05) is 10.5 Å². The Kier molecular flexibility index (Phi) is 5.26. The van der Waals surface area contributed by atoms with Crippen LogP contribution in [0.3, 0.4) is 0 Å². The molecule has 20 heavy (non-hydrogen) atoms. The Labute approximate surface area is 130 Å². The predicted molar refractivity (Wildman–Crippen MR) is 85.2 cm³/mol. The topological polar surface area (TPSA) is 46.2 Å². The van der Waals surface area contributed by atoms with Gasteiger partial charge in [0.25, 0.3) is 0 Å². The molecule has 3 nitrogen and oxygen atoms in total. The van der Waals surface area contributed by atoms with Crippen LogP contribution in [-0.2, 0) is 10.0 Å². The maximum atomic E-state index is 12.4. The highest BCUT2D eigenvalue weighted by atomic mass is 79.9. The summed E-state index contributed by atoms with van der Waals surface area (Å²) in [5.74, 6) is 0.766. The molecule has 0 aliphatic heterocycles. The van der Waals surface area contributed by atoms with Crippen LogP contribution in [0, 0.1) is 12.8 Å². The first kappa shape index (κ1) is 16.0. The molecule has 1 aliphatic carbocycles. The summed E-state index contributed by atoms with van der Waals surface area (Å²) in [7, 11) is -3.43. The van der Waals surface area contributed by atoms with E-state index in [0.717, 1.165) is 37.2 Å². The Hall–Kier alpha value is -0.390. The molecule has 1 aromatic carbocycles. The van der Waals surface area contributed by atoms with Crippen molar-refractivity contribution in [3.63, 3.8) is 0 Å². The van der Waals surface area contributed by atoms with Crippen LogP contribution in [0.1, 0.15) is 44.6 Å². The molecule has 0 spiro atoms. The molecule has 1 aromatic rings. The van der Waals surface area contributed by atoms with Gasteiger partial charge in [-0.15, -0.1) is 0 Å². The van der Waals surface area contributed by atoms with E-state index in [9.17, 15) is 8.42 Å². The largest absolute Gasteiger partial charge is 0.241 e. The van der Waals surface area contributed by atoms with Gasteiger partial charge < -0.3 is 0 Å². The van der Waals surface area contributed by atoms with Crippen molar-refractivity contribution in [2.45, 2.75) is 56.9 Å². The fourth-order valence-corrected chi connectivity index (χ4v) is 5.29. The van der Waals surface area contributed by atoms with Gasteiger partial charge in [0.1, 0.15) is 0 Å².